The summed E-state index contributed by atoms with van der Waals surface area (Å²) in [6.45, 7) is 7.79. The number of hydrogen-bond acceptors (Lipinski definition) is 4. The molecule has 1 aliphatic rings. The third kappa shape index (κ3) is 4.97. The first-order valence-electron chi connectivity index (χ1n) is 10.6. The molecule has 0 unspecified atom stereocenters. The Hall–Kier alpha value is -2.92. The van der Waals surface area contributed by atoms with Gasteiger partial charge in [-0.05, 0) is 55.5 Å². The van der Waals surface area contributed by atoms with Crippen LogP contribution in [0.25, 0.3) is 5.57 Å². The van der Waals surface area contributed by atoms with Gasteiger partial charge in [0.2, 0.25) is 0 Å². The lowest BCUT2D eigenvalue weighted by Gasteiger charge is -2.15. The standard InChI is InChI=1S/C25H30N2O3/c1-4-5-15-30-16-9-14-27-24(28)22(20-10-7-6-8-11-20)23(25(27)29)26-21-13-12-18(2)19(3)17-21/h6-8,10-13,17,26H,4-5,9,14-16H2,1-3H3. The average molecular weight is 407 g/mol. The molecule has 2 aromatic carbocycles. The van der Waals surface area contributed by atoms with Gasteiger partial charge in [0.1, 0.15) is 5.70 Å². The summed E-state index contributed by atoms with van der Waals surface area (Å²) in [4.78, 5) is 27.7. The molecule has 0 saturated carbocycles. The van der Waals surface area contributed by atoms with E-state index in [0.29, 0.717) is 37.4 Å². The Bertz CT molecular complexity index is 935. The van der Waals surface area contributed by atoms with Gasteiger partial charge in [-0.3, -0.25) is 14.5 Å². The largest absolute Gasteiger partial charge is 0.381 e. The van der Waals surface area contributed by atoms with Gasteiger partial charge < -0.3 is 10.1 Å². The zero-order valence-corrected chi connectivity index (χ0v) is 18.0. The van der Waals surface area contributed by atoms with Crippen molar-refractivity contribution in [1.29, 1.82) is 0 Å². The van der Waals surface area contributed by atoms with Crippen LogP contribution in [0.2, 0.25) is 0 Å². The van der Waals surface area contributed by atoms with Gasteiger partial charge in [-0.25, -0.2) is 0 Å². The molecule has 0 saturated heterocycles. The van der Waals surface area contributed by atoms with Crippen LogP contribution in [0.3, 0.4) is 0 Å². The minimum absolute atomic E-state index is 0.258. The van der Waals surface area contributed by atoms with Crippen LogP contribution in [0.4, 0.5) is 5.69 Å². The van der Waals surface area contributed by atoms with E-state index in [0.717, 1.165) is 29.7 Å². The molecule has 5 nitrogen and oxygen atoms in total. The fourth-order valence-electron chi connectivity index (χ4n) is 3.40. The third-order valence-corrected chi connectivity index (χ3v) is 5.32. The number of ether oxygens (including phenoxy) is 1. The smallest absolute Gasteiger partial charge is 0.278 e. The molecule has 30 heavy (non-hydrogen) atoms. The van der Waals surface area contributed by atoms with Crippen molar-refractivity contribution >= 4 is 23.1 Å². The van der Waals surface area contributed by atoms with Crippen LogP contribution in [-0.4, -0.2) is 36.5 Å². The maximum Gasteiger partial charge on any atom is 0.278 e. The number of hydrogen-bond donors (Lipinski definition) is 1. The van der Waals surface area contributed by atoms with Crippen molar-refractivity contribution in [3.63, 3.8) is 0 Å². The van der Waals surface area contributed by atoms with Crippen LogP contribution in [0, 0.1) is 13.8 Å². The Labute approximate surface area is 178 Å². The number of unbranched alkanes of at least 4 members (excludes halogenated alkanes) is 1. The first-order valence-corrected chi connectivity index (χ1v) is 10.6. The average Bonchev–Trinajstić information content (AvgIpc) is 2.98. The summed E-state index contributed by atoms with van der Waals surface area (Å²) in [6, 6.07) is 15.3. The molecule has 0 radical (unpaired) electrons. The normalized spacial score (nSPS) is 14.0. The Morgan fingerprint density at radius 3 is 2.33 bits per heavy atom. The van der Waals surface area contributed by atoms with E-state index in [1.54, 1.807) is 0 Å². The Morgan fingerprint density at radius 2 is 1.63 bits per heavy atom. The second-order valence-corrected chi connectivity index (χ2v) is 7.62. The predicted octanol–water partition coefficient (Wildman–Crippen LogP) is 4.70. The van der Waals surface area contributed by atoms with E-state index in [4.69, 9.17) is 4.74 Å². The highest BCUT2D eigenvalue weighted by Gasteiger charge is 2.38. The topological polar surface area (TPSA) is 58.6 Å². The lowest BCUT2D eigenvalue weighted by atomic mass is 10.0. The molecule has 0 aliphatic carbocycles. The SMILES string of the molecule is CCCCOCCCN1C(=O)C(Nc2ccc(C)c(C)c2)=C(c2ccccc2)C1=O. The summed E-state index contributed by atoms with van der Waals surface area (Å²) in [7, 11) is 0. The summed E-state index contributed by atoms with van der Waals surface area (Å²) in [6.07, 6.45) is 2.73. The quantitative estimate of drug-likeness (QED) is 0.459. The number of carbonyl (C=O) groups is 2. The van der Waals surface area contributed by atoms with Crippen LogP contribution in [-0.2, 0) is 14.3 Å². The Morgan fingerprint density at radius 1 is 0.900 bits per heavy atom. The molecule has 0 atom stereocenters. The van der Waals surface area contributed by atoms with Crippen LogP contribution >= 0.6 is 0 Å². The van der Waals surface area contributed by atoms with Crippen molar-refractivity contribution in [3.8, 4) is 0 Å². The number of nitrogens with one attached hydrogen (secondary N) is 1. The molecule has 158 valence electrons. The van der Waals surface area contributed by atoms with E-state index in [-0.39, 0.29) is 11.8 Å². The van der Waals surface area contributed by atoms with Crippen molar-refractivity contribution in [2.75, 3.05) is 25.1 Å². The zero-order chi connectivity index (χ0) is 21.5. The second-order valence-electron chi connectivity index (χ2n) is 7.62. The van der Waals surface area contributed by atoms with E-state index >= 15 is 0 Å². The number of imide groups is 1. The summed E-state index contributed by atoms with van der Waals surface area (Å²) in [5.41, 5.74) is 4.60. The highest BCUT2D eigenvalue weighted by molar-refractivity contribution is 6.36. The Kier molecular flexibility index (Phi) is 7.41. The molecule has 0 aromatic heterocycles. The molecule has 0 bridgehead atoms. The van der Waals surface area contributed by atoms with Crippen molar-refractivity contribution in [1.82, 2.24) is 4.90 Å². The summed E-state index contributed by atoms with van der Waals surface area (Å²) in [5.74, 6) is -0.545. The number of amides is 2. The van der Waals surface area contributed by atoms with Crippen molar-refractivity contribution < 1.29 is 14.3 Å². The fraction of sp³-hybridized carbons (Fsp3) is 0.360. The molecule has 0 spiro atoms. The molecule has 0 fully saturated rings. The van der Waals surface area contributed by atoms with Gasteiger partial charge >= 0.3 is 0 Å². The lowest BCUT2D eigenvalue weighted by molar-refractivity contribution is -0.137. The monoisotopic (exact) mass is 406 g/mol. The predicted molar refractivity (Wildman–Crippen MR) is 120 cm³/mol. The van der Waals surface area contributed by atoms with Gasteiger partial charge in [0.05, 0.1) is 5.57 Å². The molecular weight excluding hydrogens is 376 g/mol. The molecule has 2 amide bonds. The van der Waals surface area contributed by atoms with Crippen molar-refractivity contribution in [2.24, 2.45) is 0 Å². The van der Waals surface area contributed by atoms with Gasteiger partial charge in [-0.15, -0.1) is 0 Å². The number of benzene rings is 2. The zero-order valence-electron chi connectivity index (χ0n) is 18.0. The molecule has 1 heterocycles. The fourth-order valence-corrected chi connectivity index (χ4v) is 3.40. The van der Waals surface area contributed by atoms with E-state index in [9.17, 15) is 9.59 Å². The van der Waals surface area contributed by atoms with E-state index in [1.165, 1.54) is 10.5 Å². The van der Waals surface area contributed by atoms with E-state index in [1.807, 2.05) is 62.4 Å². The molecule has 1 N–H and O–H groups in total. The number of carbonyl (C=O) groups excluding carboxylic acids is 2. The minimum atomic E-state index is -0.286. The highest BCUT2D eigenvalue weighted by Crippen LogP contribution is 2.31. The number of aryl methyl sites for hydroxylation is 2. The van der Waals surface area contributed by atoms with Crippen molar-refractivity contribution in [2.45, 2.75) is 40.0 Å². The molecule has 2 aromatic rings. The van der Waals surface area contributed by atoms with Gasteiger partial charge in [-0.2, -0.15) is 0 Å². The summed E-state index contributed by atoms with van der Waals surface area (Å²) >= 11 is 0. The number of nitrogens with zero attached hydrogens (tertiary/aromatic N) is 1. The van der Waals surface area contributed by atoms with Crippen LogP contribution in [0.15, 0.2) is 54.2 Å². The first kappa shape index (κ1) is 21.8. The number of anilines is 1. The molecular formula is C25H30N2O3. The first-order chi connectivity index (χ1) is 14.5. The Balaban J connectivity index is 1.81. The lowest BCUT2D eigenvalue weighted by Crippen LogP contribution is -2.34. The summed E-state index contributed by atoms with van der Waals surface area (Å²) in [5, 5.41) is 3.22. The van der Waals surface area contributed by atoms with E-state index < -0.39 is 0 Å². The molecule has 1 aliphatic heterocycles. The number of rotatable bonds is 10. The molecule has 3 rings (SSSR count). The maximum atomic E-state index is 13.2. The minimum Gasteiger partial charge on any atom is -0.381 e. The maximum absolute atomic E-state index is 13.2. The summed E-state index contributed by atoms with van der Waals surface area (Å²) < 4.78 is 5.58. The van der Waals surface area contributed by atoms with Crippen molar-refractivity contribution in [3.05, 3.63) is 70.9 Å². The van der Waals surface area contributed by atoms with Gasteiger partial charge in [0.15, 0.2) is 0 Å². The van der Waals surface area contributed by atoms with Crippen LogP contribution < -0.4 is 5.32 Å². The molecule has 5 heteroatoms. The third-order valence-electron chi connectivity index (χ3n) is 5.32. The van der Waals surface area contributed by atoms with Crippen LogP contribution in [0.1, 0.15) is 42.9 Å². The van der Waals surface area contributed by atoms with Gasteiger partial charge in [-0.1, -0.05) is 49.7 Å². The van der Waals surface area contributed by atoms with Crippen LogP contribution in [0.5, 0.6) is 0 Å². The van der Waals surface area contributed by atoms with Gasteiger partial charge in [0, 0.05) is 25.4 Å². The van der Waals surface area contributed by atoms with E-state index in [2.05, 4.69) is 12.2 Å². The second kappa shape index (κ2) is 10.2. The van der Waals surface area contributed by atoms with Gasteiger partial charge in [0.25, 0.3) is 11.8 Å². The highest BCUT2D eigenvalue weighted by atomic mass is 16.5.